The summed E-state index contributed by atoms with van der Waals surface area (Å²) in [6, 6.07) is 12.2. The summed E-state index contributed by atoms with van der Waals surface area (Å²) in [6.07, 6.45) is -3.77. The van der Waals surface area contributed by atoms with Gasteiger partial charge in [0.1, 0.15) is 5.82 Å². The van der Waals surface area contributed by atoms with E-state index in [0.29, 0.717) is 35.6 Å². The van der Waals surface area contributed by atoms with Crippen molar-refractivity contribution in [2.75, 3.05) is 27.2 Å². The molecule has 36 heavy (non-hydrogen) atoms. The molecule has 2 amide bonds. The van der Waals surface area contributed by atoms with E-state index in [2.05, 4.69) is 15.2 Å². The van der Waals surface area contributed by atoms with Gasteiger partial charge in [-0.25, -0.2) is 4.98 Å². The van der Waals surface area contributed by atoms with E-state index in [1.54, 1.807) is 38.4 Å². The fraction of sp³-hybridized carbons (Fsp3) is 0.360. The van der Waals surface area contributed by atoms with Crippen LogP contribution < -0.4 is 0 Å². The summed E-state index contributed by atoms with van der Waals surface area (Å²) in [7, 11) is 3.27. The summed E-state index contributed by atoms with van der Waals surface area (Å²) in [4.78, 5) is 32.3. The number of hydrogen-bond donors (Lipinski definition) is 1. The molecule has 0 bridgehead atoms. The van der Waals surface area contributed by atoms with Gasteiger partial charge in [-0.3, -0.25) is 14.7 Å². The van der Waals surface area contributed by atoms with Gasteiger partial charge >= 0.3 is 6.18 Å². The molecule has 11 heteroatoms. The monoisotopic (exact) mass is 519 g/mol. The van der Waals surface area contributed by atoms with E-state index < -0.39 is 18.0 Å². The second-order valence-corrected chi connectivity index (χ2v) is 9.33. The molecular formula is C25H25ClF3N5O2. The number of nitrogens with zero attached hydrogens (tertiary/aromatic N) is 4. The van der Waals surface area contributed by atoms with Gasteiger partial charge in [0.05, 0.1) is 10.6 Å². The SMILES string of the molecule is CN(C)C(=O)c1ccc(-c2n[nH]c(C3CCN(C(=O)C(c4ccccc4)C(F)(F)F)CC3)n2)cc1Cl. The Morgan fingerprint density at radius 2 is 1.78 bits per heavy atom. The first-order chi connectivity index (χ1) is 17.1. The molecule has 1 aromatic heterocycles. The molecule has 0 spiro atoms. The van der Waals surface area contributed by atoms with Crippen molar-refractivity contribution in [3.05, 3.63) is 70.5 Å². The third-order valence-electron chi connectivity index (χ3n) is 6.27. The van der Waals surface area contributed by atoms with Crippen molar-refractivity contribution in [1.82, 2.24) is 25.0 Å². The zero-order valence-corrected chi connectivity index (χ0v) is 20.5. The maximum absolute atomic E-state index is 13.8. The average molecular weight is 520 g/mol. The maximum atomic E-state index is 13.8. The number of benzene rings is 2. The Balaban J connectivity index is 1.44. The lowest BCUT2D eigenvalue weighted by atomic mass is 9.92. The smallest absolute Gasteiger partial charge is 0.345 e. The first kappa shape index (κ1) is 25.7. The molecule has 2 aromatic carbocycles. The molecular weight excluding hydrogens is 495 g/mol. The van der Waals surface area contributed by atoms with Crippen LogP contribution in [0.25, 0.3) is 11.4 Å². The first-order valence-electron chi connectivity index (χ1n) is 11.4. The molecule has 1 N–H and O–H groups in total. The van der Waals surface area contributed by atoms with Gasteiger partial charge in [-0.2, -0.15) is 18.3 Å². The number of halogens is 4. The fourth-order valence-corrected chi connectivity index (χ4v) is 4.59. The van der Waals surface area contributed by atoms with Crippen molar-refractivity contribution < 1.29 is 22.8 Å². The number of likely N-dealkylation sites (tertiary alicyclic amines) is 1. The van der Waals surface area contributed by atoms with Gasteiger partial charge in [0.2, 0.25) is 5.91 Å². The Labute approximate surface area is 211 Å². The zero-order valence-electron chi connectivity index (χ0n) is 19.7. The lowest BCUT2D eigenvalue weighted by Gasteiger charge is -2.34. The molecule has 3 aromatic rings. The fourth-order valence-electron chi connectivity index (χ4n) is 4.33. The highest BCUT2D eigenvalue weighted by atomic mass is 35.5. The molecule has 1 saturated heterocycles. The molecule has 1 aliphatic heterocycles. The minimum Gasteiger partial charge on any atom is -0.345 e. The van der Waals surface area contributed by atoms with Crippen LogP contribution in [0.1, 0.15) is 46.4 Å². The molecule has 4 rings (SSSR count). The molecule has 190 valence electrons. The van der Waals surface area contributed by atoms with Gasteiger partial charge in [0.15, 0.2) is 11.7 Å². The van der Waals surface area contributed by atoms with E-state index >= 15 is 0 Å². The van der Waals surface area contributed by atoms with Crippen LogP contribution in [0, 0.1) is 0 Å². The average Bonchev–Trinajstić information content (AvgIpc) is 3.34. The summed E-state index contributed by atoms with van der Waals surface area (Å²) in [5.41, 5.74) is 0.932. The number of rotatable bonds is 5. The van der Waals surface area contributed by atoms with Crippen LogP contribution in [0.2, 0.25) is 5.02 Å². The number of hydrogen-bond acceptors (Lipinski definition) is 4. The molecule has 1 aliphatic rings. The summed E-state index contributed by atoms with van der Waals surface area (Å²) < 4.78 is 41.3. The number of piperidine rings is 1. The third-order valence-corrected chi connectivity index (χ3v) is 6.58. The molecule has 1 fully saturated rings. The predicted octanol–water partition coefficient (Wildman–Crippen LogP) is 4.88. The quantitative estimate of drug-likeness (QED) is 0.521. The summed E-state index contributed by atoms with van der Waals surface area (Å²) in [5.74, 6) is -2.43. The van der Waals surface area contributed by atoms with E-state index in [9.17, 15) is 22.8 Å². The number of aromatic amines is 1. The molecule has 7 nitrogen and oxygen atoms in total. The number of nitrogens with one attached hydrogen (secondary N) is 1. The van der Waals surface area contributed by atoms with E-state index in [1.165, 1.54) is 34.1 Å². The van der Waals surface area contributed by atoms with Crippen molar-refractivity contribution in [1.29, 1.82) is 0 Å². The number of aromatic nitrogens is 3. The van der Waals surface area contributed by atoms with Gasteiger partial charge in [0.25, 0.3) is 5.91 Å². The normalized spacial score (nSPS) is 15.6. The molecule has 1 unspecified atom stereocenters. The van der Waals surface area contributed by atoms with Crippen molar-refractivity contribution in [2.45, 2.75) is 30.9 Å². The highest BCUT2D eigenvalue weighted by molar-refractivity contribution is 6.34. The highest BCUT2D eigenvalue weighted by Gasteiger charge is 2.48. The largest absolute Gasteiger partial charge is 0.404 e. The number of H-pyrrole nitrogens is 1. The van der Waals surface area contributed by atoms with Gasteiger partial charge < -0.3 is 9.80 Å². The lowest BCUT2D eigenvalue weighted by molar-refractivity contribution is -0.172. The van der Waals surface area contributed by atoms with Crippen molar-refractivity contribution in [3.63, 3.8) is 0 Å². The van der Waals surface area contributed by atoms with Crippen LogP contribution in [0.5, 0.6) is 0 Å². The number of amides is 2. The molecule has 2 heterocycles. The Bertz CT molecular complexity index is 1240. The van der Waals surface area contributed by atoms with E-state index in [4.69, 9.17) is 11.6 Å². The van der Waals surface area contributed by atoms with Gasteiger partial charge in [-0.15, -0.1) is 0 Å². The number of carbonyl (C=O) groups excluding carboxylic acids is 2. The van der Waals surface area contributed by atoms with Crippen LogP contribution in [0.15, 0.2) is 48.5 Å². The number of alkyl halides is 3. The van der Waals surface area contributed by atoms with Crippen LogP contribution in [0.3, 0.4) is 0 Å². The molecule has 0 aliphatic carbocycles. The summed E-state index contributed by atoms with van der Waals surface area (Å²) in [5, 5.41) is 7.43. The highest BCUT2D eigenvalue weighted by Crippen LogP contribution is 2.38. The Kier molecular flexibility index (Phi) is 7.35. The Morgan fingerprint density at radius 1 is 1.11 bits per heavy atom. The summed E-state index contributed by atoms with van der Waals surface area (Å²) >= 11 is 6.29. The predicted molar refractivity (Wildman–Crippen MR) is 129 cm³/mol. The summed E-state index contributed by atoms with van der Waals surface area (Å²) in [6.45, 7) is 0.373. The van der Waals surface area contributed by atoms with Crippen LogP contribution in [0.4, 0.5) is 13.2 Å². The van der Waals surface area contributed by atoms with Crippen LogP contribution in [-0.4, -0.2) is 70.2 Å². The Morgan fingerprint density at radius 3 is 2.36 bits per heavy atom. The van der Waals surface area contributed by atoms with Crippen molar-refractivity contribution in [3.8, 4) is 11.4 Å². The van der Waals surface area contributed by atoms with E-state index in [1.807, 2.05) is 0 Å². The molecule has 0 radical (unpaired) electrons. The van der Waals surface area contributed by atoms with E-state index in [-0.39, 0.29) is 35.5 Å². The van der Waals surface area contributed by atoms with Gasteiger partial charge in [-0.1, -0.05) is 48.0 Å². The topological polar surface area (TPSA) is 82.2 Å². The van der Waals surface area contributed by atoms with E-state index in [0.717, 1.165) is 0 Å². The maximum Gasteiger partial charge on any atom is 0.404 e. The lowest BCUT2D eigenvalue weighted by Crippen LogP contribution is -2.44. The molecule has 0 saturated carbocycles. The standard InChI is InChI=1S/C25H25ClF3N5O2/c1-33(2)23(35)18-9-8-17(14-19(18)26)22-30-21(31-32-22)16-10-12-34(13-11-16)24(36)20(25(27,28)29)15-6-4-3-5-7-15/h3-9,14,16,20H,10-13H2,1-2H3,(H,30,31,32). The minimum absolute atomic E-state index is 0.0611. The zero-order chi connectivity index (χ0) is 26.0. The van der Waals surface area contributed by atoms with Gasteiger partial charge in [-0.05, 0) is 30.5 Å². The molecule has 1 atom stereocenters. The third kappa shape index (κ3) is 5.38. The second kappa shape index (κ2) is 10.3. The Hall–Kier alpha value is -3.40. The first-order valence-corrected chi connectivity index (χ1v) is 11.8. The van der Waals surface area contributed by atoms with Gasteiger partial charge in [0, 0.05) is 38.7 Å². The van der Waals surface area contributed by atoms with Crippen LogP contribution >= 0.6 is 11.6 Å². The minimum atomic E-state index is -4.68. The van der Waals surface area contributed by atoms with Crippen molar-refractivity contribution >= 4 is 23.4 Å². The van der Waals surface area contributed by atoms with Crippen LogP contribution in [-0.2, 0) is 4.79 Å². The second-order valence-electron chi connectivity index (χ2n) is 8.92. The number of carbonyl (C=O) groups is 2. The van der Waals surface area contributed by atoms with Crippen molar-refractivity contribution in [2.24, 2.45) is 0 Å².